The summed E-state index contributed by atoms with van der Waals surface area (Å²) < 4.78 is 5.19. The molecule has 0 saturated heterocycles. The number of esters is 1. The summed E-state index contributed by atoms with van der Waals surface area (Å²) in [6.07, 6.45) is 15.7. The van der Waals surface area contributed by atoms with Gasteiger partial charge in [0.1, 0.15) is 5.75 Å². The molecule has 34 heavy (non-hydrogen) atoms. The minimum absolute atomic E-state index is 0.157. The number of carboxylic acids is 2. The van der Waals surface area contributed by atoms with E-state index in [0.717, 1.165) is 51.4 Å². The van der Waals surface area contributed by atoms with E-state index in [1.807, 2.05) is 0 Å². The zero-order valence-electron chi connectivity index (χ0n) is 20.8. The number of unbranched alkanes of at least 4 members (excludes halogenated alkanes) is 12. The minimum Gasteiger partial charge on any atom is -0.508 e. The minimum atomic E-state index is -0.740. The zero-order valence-corrected chi connectivity index (χ0v) is 20.8. The van der Waals surface area contributed by atoms with Gasteiger partial charge in [-0.05, 0) is 43.5 Å². The number of carboxylic acid groups (broad SMARTS) is 2. The molecule has 3 N–H and O–H groups in total. The van der Waals surface area contributed by atoms with Crippen molar-refractivity contribution in [3.8, 4) is 5.75 Å². The van der Waals surface area contributed by atoms with Crippen LogP contribution in [0.2, 0.25) is 0 Å². The van der Waals surface area contributed by atoms with Gasteiger partial charge in [-0.3, -0.25) is 9.59 Å². The number of ether oxygens (including phenoxy) is 1. The number of rotatable bonds is 19. The second-order valence-corrected chi connectivity index (χ2v) is 8.57. The van der Waals surface area contributed by atoms with E-state index in [1.165, 1.54) is 50.7 Å². The Hall–Kier alpha value is -2.57. The van der Waals surface area contributed by atoms with Gasteiger partial charge < -0.3 is 20.1 Å². The number of phenols is 1. The van der Waals surface area contributed by atoms with Gasteiger partial charge in [-0.1, -0.05) is 77.6 Å². The fourth-order valence-corrected chi connectivity index (χ4v) is 3.34. The first kappa shape index (κ1) is 31.4. The number of hydrogen-bond acceptors (Lipinski definition) is 5. The molecule has 1 aromatic rings. The Morgan fingerprint density at radius 1 is 0.647 bits per heavy atom. The molecule has 0 atom stereocenters. The van der Waals surface area contributed by atoms with Crippen molar-refractivity contribution in [2.75, 3.05) is 6.61 Å². The zero-order chi connectivity index (χ0) is 25.4. The van der Waals surface area contributed by atoms with E-state index in [4.69, 9.17) is 20.1 Å². The molecule has 0 bridgehead atoms. The van der Waals surface area contributed by atoms with E-state index in [0.29, 0.717) is 12.2 Å². The lowest BCUT2D eigenvalue weighted by atomic mass is 10.1. The first-order chi connectivity index (χ1) is 16.4. The highest BCUT2D eigenvalue weighted by Crippen LogP contribution is 2.12. The van der Waals surface area contributed by atoms with Crippen LogP contribution in [0.15, 0.2) is 24.3 Å². The number of benzene rings is 1. The van der Waals surface area contributed by atoms with Crippen LogP contribution in [0.25, 0.3) is 0 Å². The Bertz CT molecular complexity index is 635. The van der Waals surface area contributed by atoms with E-state index in [1.54, 1.807) is 12.1 Å². The first-order valence-corrected chi connectivity index (χ1v) is 12.8. The average Bonchev–Trinajstić information content (AvgIpc) is 2.80. The van der Waals surface area contributed by atoms with Gasteiger partial charge in [0.2, 0.25) is 0 Å². The summed E-state index contributed by atoms with van der Waals surface area (Å²) >= 11 is 0. The first-order valence-electron chi connectivity index (χ1n) is 12.8. The average molecular weight is 481 g/mol. The van der Waals surface area contributed by atoms with Crippen LogP contribution in [0.1, 0.15) is 120 Å². The maximum atomic E-state index is 11.7. The number of aromatic hydroxyl groups is 1. The summed E-state index contributed by atoms with van der Waals surface area (Å²) in [5, 5.41) is 25.8. The molecule has 1 rings (SSSR count). The second kappa shape index (κ2) is 22.2. The molecule has 0 fully saturated rings. The summed E-state index contributed by atoms with van der Waals surface area (Å²) in [5.41, 5.74) is 0.488. The lowest BCUT2D eigenvalue weighted by molar-refractivity contribution is -0.138. The molecule has 0 radical (unpaired) electrons. The second-order valence-electron chi connectivity index (χ2n) is 8.57. The van der Waals surface area contributed by atoms with Gasteiger partial charge in [0.15, 0.2) is 0 Å². The number of aliphatic carboxylic acids is 2. The molecule has 0 aliphatic carbocycles. The Kier molecular flexibility index (Phi) is 20.6. The van der Waals surface area contributed by atoms with Crippen molar-refractivity contribution in [1.82, 2.24) is 0 Å². The van der Waals surface area contributed by atoms with E-state index in [9.17, 15) is 14.4 Å². The third kappa shape index (κ3) is 21.3. The summed E-state index contributed by atoms with van der Waals surface area (Å²) in [7, 11) is 0. The third-order valence-corrected chi connectivity index (χ3v) is 5.37. The molecule has 0 amide bonds. The Balaban J connectivity index is 0.000000686. The van der Waals surface area contributed by atoms with Gasteiger partial charge in [-0.2, -0.15) is 0 Å². The lowest BCUT2D eigenvalue weighted by Gasteiger charge is -2.05. The van der Waals surface area contributed by atoms with Crippen LogP contribution in [-0.2, 0) is 14.3 Å². The summed E-state index contributed by atoms with van der Waals surface area (Å²) in [4.78, 5) is 31.9. The van der Waals surface area contributed by atoms with Gasteiger partial charge >= 0.3 is 17.9 Å². The molecule has 0 saturated carbocycles. The van der Waals surface area contributed by atoms with Gasteiger partial charge in [0, 0.05) is 12.8 Å². The molecule has 7 nitrogen and oxygen atoms in total. The SMILES string of the molecule is CCCCCCCCCCOC(=O)c1ccc(O)cc1.O=C(O)CCCCCCCCC(=O)O. The van der Waals surface area contributed by atoms with Crippen molar-refractivity contribution in [2.24, 2.45) is 0 Å². The van der Waals surface area contributed by atoms with Crippen LogP contribution in [0, 0.1) is 0 Å². The Morgan fingerprint density at radius 3 is 1.50 bits per heavy atom. The number of carbonyl (C=O) groups excluding carboxylic acids is 1. The topological polar surface area (TPSA) is 121 Å². The normalized spacial score (nSPS) is 10.3. The van der Waals surface area contributed by atoms with Gasteiger partial charge in [0.05, 0.1) is 12.2 Å². The van der Waals surface area contributed by atoms with Crippen molar-refractivity contribution < 1.29 is 34.4 Å². The van der Waals surface area contributed by atoms with Crippen LogP contribution in [0.3, 0.4) is 0 Å². The number of carbonyl (C=O) groups is 3. The molecule has 0 unspecified atom stereocenters. The smallest absolute Gasteiger partial charge is 0.338 e. The predicted molar refractivity (Wildman–Crippen MR) is 133 cm³/mol. The summed E-state index contributed by atoms with van der Waals surface area (Å²) in [6, 6.07) is 6.14. The fraction of sp³-hybridized carbons (Fsp3) is 0.667. The standard InChI is InChI=1S/C17H26O3.C10H18O4/c1-2-3-4-5-6-7-8-9-14-20-17(19)15-10-12-16(18)13-11-15;11-9(12)7-5-3-1-2-4-6-8-10(13)14/h10-13,18H,2-9,14H2,1H3;1-8H2,(H,11,12)(H,13,14). The van der Waals surface area contributed by atoms with E-state index >= 15 is 0 Å². The molecular weight excluding hydrogens is 436 g/mol. The monoisotopic (exact) mass is 480 g/mol. The van der Waals surface area contributed by atoms with Gasteiger partial charge in [-0.25, -0.2) is 4.79 Å². The predicted octanol–water partition coefficient (Wildman–Crippen LogP) is 6.97. The van der Waals surface area contributed by atoms with Gasteiger partial charge in [0.25, 0.3) is 0 Å². The largest absolute Gasteiger partial charge is 0.508 e. The van der Waals surface area contributed by atoms with Crippen LogP contribution < -0.4 is 0 Å². The molecule has 0 aliphatic rings. The molecule has 0 aromatic heterocycles. The van der Waals surface area contributed by atoms with Crippen molar-refractivity contribution in [3.63, 3.8) is 0 Å². The van der Waals surface area contributed by atoms with Crippen LogP contribution in [0.4, 0.5) is 0 Å². The van der Waals surface area contributed by atoms with Gasteiger partial charge in [-0.15, -0.1) is 0 Å². The molecule has 1 aromatic carbocycles. The lowest BCUT2D eigenvalue weighted by Crippen LogP contribution is -2.06. The third-order valence-electron chi connectivity index (χ3n) is 5.37. The van der Waals surface area contributed by atoms with Crippen molar-refractivity contribution in [2.45, 2.75) is 110 Å². The Morgan fingerprint density at radius 2 is 1.06 bits per heavy atom. The van der Waals surface area contributed by atoms with Crippen molar-refractivity contribution in [1.29, 1.82) is 0 Å². The highest BCUT2D eigenvalue weighted by atomic mass is 16.5. The number of hydrogen-bond donors (Lipinski definition) is 3. The van der Waals surface area contributed by atoms with E-state index < -0.39 is 11.9 Å². The molecule has 0 heterocycles. The molecule has 0 aliphatic heterocycles. The Labute approximate surface area is 204 Å². The molecule has 0 spiro atoms. The molecular formula is C27H44O7. The number of phenolic OH excluding ortho intramolecular Hbond substituents is 1. The molecule has 7 heteroatoms. The molecule has 194 valence electrons. The van der Waals surface area contributed by atoms with Crippen LogP contribution >= 0.6 is 0 Å². The highest BCUT2D eigenvalue weighted by molar-refractivity contribution is 5.89. The maximum absolute atomic E-state index is 11.7. The van der Waals surface area contributed by atoms with E-state index in [-0.39, 0.29) is 24.6 Å². The van der Waals surface area contributed by atoms with Crippen LogP contribution in [-0.4, -0.2) is 39.8 Å². The quantitative estimate of drug-likeness (QED) is 0.144. The van der Waals surface area contributed by atoms with Crippen LogP contribution in [0.5, 0.6) is 5.75 Å². The highest BCUT2D eigenvalue weighted by Gasteiger charge is 2.06. The fourth-order valence-electron chi connectivity index (χ4n) is 3.34. The maximum Gasteiger partial charge on any atom is 0.338 e. The summed E-state index contributed by atoms with van der Waals surface area (Å²) in [5.74, 6) is -1.63. The van der Waals surface area contributed by atoms with Crippen molar-refractivity contribution >= 4 is 17.9 Å². The summed E-state index contributed by atoms with van der Waals surface area (Å²) in [6.45, 7) is 2.71. The van der Waals surface area contributed by atoms with Crippen molar-refractivity contribution in [3.05, 3.63) is 29.8 Å². The van der Waals surface area contributed by atoms with E-state index in [2.05, 4.69) is 6.92 Å².